The maximum atomic E-state index is 13.6. The summed E-state index contributed by atoms with van der Waals surface area (Å²) in [5.41, 5.74) is 1.17. The van der Waals surface area contributed by atoms with E-state index in [9.17, 15) is 28.7 Å². The van der Waals surface area contributed by atoms with Gasteiger partial charge >= 0.3 is 7.12 Å². The number of halogens is 2. The Morgan fingerprint density at radius 2 is 1.76 bits per heavy atom. The quantitative estimate of drug-likeness (QED) is 0.365. The van der Waals surface area contributed by atoms with E-state index in [0.29, 0.717) is 11.0 Å². The summed E-state index contributed by atoms with van der Waals surface area (Å²) in [4.78, 5) is 11.7. The molecule has 1 amide bonds. The molecule has 0 aromatic heterocycles. The number of hydrogen-bond donors (Lipinski definition) is 5. The number of carbonyl (C=O) groups is 1. The maximum absolute atomic E-state index is 13.6. The molecule has 0 spiro atoms. The lowest BCUT2D eigenvalue weighted by Crippen LogP contribution is -2.53. The molecule has 178 valence electrons. The van der Waals surface area contributed by atoms with Crippen molar-refractivity contribution in [2.45, 2.75) is 63.1 Å². The largest absolute Gasteiger partial charge is 0.488 e. The first-order chi connectivity index (χ1) is 15.7. The standard InChI is InChI=1S/C24H31BF2N2O4/c1-16(30)29-22(12-17-10-20(26)14-21(27)11-17)23(31)15-28-24(8-3-2-4-9-24)18-6-5-7-19(13-18)25(32)33/h5-7,10-11,13-14,22-23,28,31-33H,2-4,8-9,12,15H2,1H3,(H,29,30)/t22-,23+/m0/s1. The fraction of sp³-hybridized carbons (Fsp3) is 0.458. The van der Waals surface area contributed by atoms with Gasteiger partial charge < -0.3 is 25.8 Å². The zero-order chi connectivity index (χ0) is 24.0. The van der Waals surface area contributed by atoms with Crippen LogP contribution in [0.3, 0.4) is 0 Å². The first kappa shape index (κ1) is 25.3. The second-order valence-corrected chi connectivity index (χ2v) is 8.88. The lowest BCUT2D eigenvalue weighted by molar-refractivity contribution is -0.120. The van der Waals surface area contributed by atoms with Crippen LogP contribution in [0.15, 0.2) is 42.5 Å². The average molecular weight is 460 g/mol. The minimum absolute atomic E-state index is 0.0658. The first-order valence-corrected chi connectivity index (χ1v) is 11.3. The summed E-state index contributed by atoms with van der Waals surface area (Å²) in [7, 11) is -1.58. The molecule has 1 saturated carbocycles. The fourth-order valence-corrected chi connectivity index (χ4v) is 4.69. The highest BCUT2D eigenvalue weighted by molar-refractivity contribution is 6.58. The lowest BCUT2D eigenvalue weighted by atomic mass is 9.72. The molecule has 2 aromatic rings. The normalized spacial score (nSPS) is 17.3. The van der Waals surface area contributed by atoms with Crippen LogP contribution >= 0.6 is 0 Å². The van der Waals surface area contributed by atoms with Gasteiger partial charge in [0.05, 0.1) is 12.1 Å². The molecule has 0 unspecified atom stereocenters. The molecule has 1 aliphatic rings. The molecule has 2 aromatic carbocycles. The molecule has 33 heavy (non-hydrogen) atoms. The van der Waals surface area contributed by atoms with Crippen LogP contribution in [-0.4, -0.2) is 46.9 Å². The predicted octanol–water partition coefficient (Wildman–Crippen LogP) is 1.50. The van der Waals surface area contributed by atoms with Crippen LogP contribution in [0.1, 0.15) is 50.2 Å². The topological polar surface area (TPSA) is 102 Å². The molecule has 2 atom stereocenters. The highest BCUT2D eigenvalue weighted by atomic mass is 19.1. The Labute approximate surface area is 193 Å². The lowest BCUT2D eigenvalue weighted by Gasteiger charge is -2.40. The first-order valence-electron chi connectivity index (χ1n) is 11.3. The molecular weight excluding hydrogens is 429 g/mol. The van der Waals surface area contributed by atoms with E-state index in [1.54, 1.807) is 18.2 Å². The summed E-state index contributed by atoms with van der Waals surface area (Å²) in [5.74, 6) is -1.79. The molecule has 0 aliphatic heterocycles. The third-order valence-corrected chi connectivity index (χ3v) is 6.33. The number of benzene rings is 2. The second-order valence-electron chi connectivity index (χ2n) is 8.88. The second kappa shape index (κ2) is 11.2. The van der Waals surface area contributed by atoms with Crippen LogP contribution in [0.25, 0.3) is 0 Å². The van der Waals surface area contributed by atoms with Crippen molar-refractivity contribution >= 4 is 18.5 Å². The van der Waals surface area contributed by atoms with Crippen molar-refractivity contribution in [3.63, 3.8) is 0 Å². The minimum Gasteiger partial charge on any atom is -0.423 e. The van der Waals surface area contributed by atoms with Crippen LogP contribution in [0, 0.1) is 11.6 Å². The minimum atomic E-state index is -1.58. The molecule has 0 heterocycles. The average Bonchev–Trinajstić information content (AvgIpc) is 2.77. The number of amides is 1. The molecule has 9 heteroatoms. The molecule has 1 aliphatic carbocycles. The highest BCUT2D eigenvalue weighted by Crippen LogP contribution is 2.37. The predicted molar refractivity (Wildman–Crippen MR) is 123 cm³/mol. The van der Waals surface area contributed by atoms with Crippen LogP contribution in [0.4, 0.5) is 8.78 Å². The van der Waals surface area contributed by atoms with Gasteiger partial charge in [0, 0.05) is 25.1 Å². The molecule has 0 radical (unpaired) electrons. The van der Waals surface area contributed by atoms with Crippen molar-refractivity contribution in [3.05, 3.63) is 65.2 Å². The van der Waals surface area contributed by atoms with E-state index in [-0.39, 0.29) is 18.9 Å². The smallest absolute Gasteiger partial charge is 0.423 e. The van der Waals surface area contributed by atoms with Gasteiger partial charge in [-0.05, 0) is 48.0 Å². The van der Waals surface area contributed by atoms with Crippen molar-refractivity contribution < 1.29 is 28.7 Å². The number of carbonyl (C=O) groups excluding carboxylic acids is 1. The Kier molecular flexibility index (Phi) is 8.59. The van der Waals surface area contributed by atoms with E-state index < -0.39 is 36.4 Å². The number of aliphatic hydroxyl groups excluding tert-OH is 1. The summed E-state index contributed by atoms with van der Waals surface area (Å²) in [6.07, 6.45) is 3.71. The van der Waals surface area contributed by atoms with Gasteiger partial charge in [-0.25, -0.2) is 8.78 Å². The van der Waals surface area contributed by atoms with Gasteiger partial charge in [-0.2, -0.15) is 0 Å². The van der Waals surface area contributed by atoms with Gasteiger partial charge in [-0.15, -0.1) is 0 Å². The van der Waals surface area contributed by atoms with Crippen molar-refractivity contribution in [3.8, 4) is 0 Å². The Morgan fingerprint density at radius 1 is 1.09 bits per heavy atom. The summed E-state index contributed by atoms with van der Waals surface area (Å²) in [6, 6.07) is 9.51. The molecule has 6 nitrogen and oxygen atoms in total. The SMILES string of the molecule is CC(=O)N[C@@H](Cc1cc(F)cc(F)c1)[C@H](O)CNC1(c2cccc(B(O)O)c2)CCCCC1. The van der Waals surface area contributed by atoms with Gasteiger partial charge in [0.25, 0.3) is 0 Å². The van der Waals surface area contributed by atoms with E-state index in [4.69, 9.17) is 0 Å². The van der Waals surface area contributed by atoms with Crippen molar-refractivity contribution in [2.75, 3.05) is 6.54 Å². The van der Waals surface area contributed by atoms with Crippen LogP contribution < -0.4 is 16.1 Å². The Morgan fingerprint density at radius 3 is 2.36 bits per heavy atom. The van der Waals surface area contributed by atoms with E-state index in [2.05, 4.69) is 10.6 Å². The van der Waals surface area contributed by atoms with E-state index >= 15 is 0 Å². The number of hydrogen-bond acceptors (Lipinski definition) is 5. The maximum Gasteiger partial charge on any atom is 0.488 e. The summed E-state index contributed by atoms with van der Waals surface area (Å²) in [5, 5.41) is 36.3. The molecule has 1 fully saturated rings. The van der Waals surface area contributed by atoms with Gasteiger partial charge in [-0.1, -0.05) is 43.5 Å². The molecular formula is C24H31BF2N2O4. The summed E-state index contributed by atoms with van der Waals surface area (Å²) >= 11 is 0. The molecule has 0 saturated heterocycles. The van der Waals surface area contributed by atoms with E-state index in [0.717, 1.165) is 43.7 Å². The zero-order valence-corrected chi connectivity index (χ0v) is 18.7. The Hall–Kier alpha value is -2.33. The summed E-state index contributed by atoms with van der Waals surface area (Å²) in [6.45, 7) is 1.46. The number of aliphatic hydroxyl groups is 1. The third-order valence-electron chi connectivity index (χ3n) is 6.33. The van der Waals surface area contributed by atoms with Crippen molar-refractivity contribution in [2.24, 2.45) is 0 Å². The number of nitrogens with one attached hydrogen (secondary N) is 2. The van der Waals surface area contributed by atoms with Crippen LogP contribution in [-0.2, 0) is 16.8 Å². The van der Waals surface area contributed by atoms with E-state index in [1.807, 2.05) is 6.07 Å². The van der Waals surface area contributed by atoms with Gasteiger partial charge in [-0.3, -0.25) is 4.79 Å². The summed E-state index contributed by atoms with van der Waals surface area (Å²) < 4.78 is 27.2. The van der Waals surface area contributed by atoms with Gasteiger partial charge in [0.2, 0.25) is 5.91 Å². The Balaban J connectivity index is 1.78. The monoisotopic (exact) mass is 460 g/mol. The Bertz CT molecular complexity index is 934. The zero-order valence-electron chi connectivity index (χ0n) is 18.7. The third kappa shape index (κ3) is 6.83. The van der Waals surface area contributed by atoms with Gasteiger partial charge in [0.1, 0.15) is 11.6 Å². The van der Waals surface area contributed by atoms with Crippen molar-refractivity contribution in [1.29, 1.82) is 0 Å². The van der Waals surface area contributed by atoms with E-state index in [1.165, 1.54) is 19.1 Å². The van der Waals surface area contributed by atoms with Gasteiger partial charge in [0.15, 0.2) is 0 Å². The van der Waals surface area contributed by atoms with Crippen LogP contribution in [0.5, 0.6) is 0 Å². The van der Waals surface area contributed by atoms with Crippen molar-refractivity contribution in [1.82, 2.24) is 10.6 Å². The number of rotatable bonds is 9. The molecule has 3 rings (SSSR count). The molecule has 5 N–H and O–H groups in total. The fourth-order valence-electron chi connectivity index (χ4n) is 4.69. The molecule has 0 bridgehead atoms. The van der Waals surface area contributed by atoms with Crippen LogP contribution in [0.2, 0.25) is 0 Å². The highest BCUT2D eigenvalue weighted by Gasteiger charge is 2.35.